The molecule has 1 aliphatic rings. The molecule has 0 N–H and O–H groups in total. The zero-order valence-corrected chi connectivity index (χ0v) is 11.8. The van der Waals surface area contributed by atoms with Crippen LogP contribution in [0.4, 0.5) is 5.69 Å². The molecule has 0 spiro atoms. The molecule has 16 heavy (non-hydrogen) atoms. The van der Waals surface area contributed by atoms with Crippen LogP contribution >= 0.6 is 22.9 Å². The zero-order chi connectivity index (χ0) is 11.5. The Morgan fingerprint density at radius 3 is 2.38 bits per heavy atom. The summed E-state index contributed by atoms with van der Waals surface area (Å²) < 4.78 is 2.32. The normalized spacial score (nSPS) is 18.8. The highest BCUT2D eigenvalue weighted by Gasteiger charge is 2.14. The van der Waals surface area contributed by atoms with E-state index in [4.69, 9.17) is 0 Å². The minimum absolute atomic E-state index is 0.479. The molecule has 1 unspecified atom stereocenters. The van der Waals surface area contributed by atoms with E-state index >= 15 is 0 Å². The van der Waals surface area contributed by atoms with Gasteiger partial charge in [-0.25, -0.2) is 0 Å². The van der Waals surface area contributed by atoms with Gasteiger partial charge in [-0.15, -0.1) is 0 Å². The number of benzene rings is 1. The summed E-state index contributed by atoms with van der Waals surface area (Å²) >= 11 is 2.41. The first-order valence-corrected chi connectivity index (χ1v) is 6.50. The van der Waals surface area contributed by atoms with Crippen LogP contribution in [0.5, 0.6) is 0 Å². The Hall–Kier alpha value is -0.770. The van der Waals surface area contributed by atoms with E-state index in [1.165, 1.54) is 16.8 Å². The molecule has 0 aromatic heterocycles. The van der Waals surface area contributed by atoms with Crippen LogP contribution < -0.4 is 3.11 Å². The second kappa shape index (κ2) is 5.04. The van der Waals surface area contributed by atoms with Crippen LogP contribution in [0, 0.1) is 13.8 Å². The van der Waals surface area contributed by atoms with Gasteiger partial charge in [0.05, 0.1) is 28.9 Å². The van der Waals surface area contributed by atoms with Crippen LogP contribution in [0.15, 0.2) is 42.5 Å². The van der Waals surface area contributed by atoms with Crippen molar-refractivity contribution in [3.8, 4) is 0 Å². The van der Waals surface area contributed by atoms with Crippen molar-refractivity contribution in [2.75, 3.05) is 3.11 Å². The number of halogens is 1. The van der Waals surface area contributed by atoms with E-state index in [0.29, 0.717) is 6.04 Å². The Bertz CT molecular complexity index is 414. The first-order chi connectivity index (χ1) is 7.66. The minimum atomic E-state index is 0.479. The Labute approximate surface area is 111 Å². The topological polar surface area (TPSA) is 3.24 Å². The molecule has 0 fully saturated rings. The molecule has 2 heteroatoms. The van der Waals surface area contributed by atoms with Gasteiger partial charge < -0.3 is 3.11 Å². The highest BCUT2D eigenvalue weighted by atomic mass is 127. The van der Waals surface area contributed by atoms with Gasteiger partial charge in [0.15, 0.2) is 0 Å². The van der Waals surface area contributed by atoms with Gasteiger partial charge in [0.1, 0.15) is 0 Å². The molecule has 0 saturated heterocycles. The quantitative estimate of drug-likeness (QED) is 0.577. The van der Waals surface area contributed by atoms with Gasteiger partial charge >= 0.3 is 0 Å². The second-order valence-corrected chi connectivity index (χ2v) is 5.31. The van der Waals surface area contributed by atoms with E-state index in [1.54, 1.807) is 0 Å². The molecule has 1 aliphatic carbocycles. The number of anilines is 1. The highest BCUT2D eigenvalue weighted by molar-refractivity contribution is 14.1. The van der Waals surface area contributed by atoms with Crippen molar-refractivity contribution >= 4 is 28.6 Å². The van der Waals surface area contributed by atoms with E-state index in [0.717, 1.165) is 6.42 Å². The van der Waals surface area contributed by atoms with Gasteiger partial charge in [-0.2, -0.15) is 0 Å². The predicted octanol–water partition coefficient (Wildman–Crippen LogP) is 4.34. The Kier molecular flexibility index (Phi) is 3.69. The maximum atomic E-state index is 2.41. The smallest absolute Gasteiger partial charge is 0.0610 e. The van der Waals surface area contributed by atoms with Crippen LogP contribution in [0.3, 0.4) is 0 Å². The van der Waals surface area contributed by atoms with Crippen molar-refractivity contribution < 1.29 is 0 Å². The average Bonchev–Trinajstić information content (AvgIpc) is 2.28. The van der Waals surface area contributed by atoms with Gasteiger partial charge in [0.25, 0.3) is 0 Å². The highest BCUT2D eigenvalue weighted by Crippen LogP contribution is 2.27. The fourth-order valence-corrected chi connectivity index (χ4v) is 2.69. The van der Waals surface area contributed by atoms with Crippen molar-refractivity contribution in [2.45, 2.75) is 26.3 Å². The monoisotopic (exact) mass is 325 g/mol. The van der Waals surface area contributed by atoms with E-state index in [-0.39, 0.29) is 0 Å². The summed E-state index contributed by atoms with van der Waals surface area (Å²) in [6.45, 7) is 4.30. The predicted molar refractivity (Wildman–Crippen MR) is 79.1 cm³/mol. The fraction of sp³-hybridized carbons (Fsp3) is 0.286. The van der Waals surface area contributed by atoms with E-state index in [9.17, 15) is 0 Å². The number of hydrogen-bond acceptors (Lipinski definition) is 1. The summed E-state index contributed by atoms with van der Waals surface area (Å²) in [5.41, 5.74) is 3.95. The first-order valence-electron chi connectivity index (χ1n) is 5.53. The SMILES string of the molecule is Cc1cc(C)cc(N(I)C2C=CC=CC2)c1. The maximum Gasteiger partial charge on any atom is 0.0610 e. The number of rotatable bonds is 2. The summed E-state index contributed by atoms with van der Waals surface area (Å²) in [6, 6.07) is 7.17. The molecule has 1 atom stereocenters. The molecule has 1 nitrogen and oxygen atoms in total. The molecule has 0 aliphatic heterocycles. The van der Waals surface area contributed by atoms with Gasteiger partial charge in [-0.05, 0) is 43.5 Å². The van der Waals surface area contributed by atoms with Crippen molar-refractivity contribution in [3.63, 3.8) is 0 Å². The number of allylic oxidation sites excluding steroid dienone is 2. The average molecular weight is 325 g/mol. The molecule has 0 heterocycles. The number of nitrogens with zero attached hydrogens (tertiary/aromatic N) is 1. The molecule has 1 aromatic carbocycles. The Balaban J connectivity index is 2.23. The van der Waals surface area contributed by atoms with E-state index in [2.05, 4.69) is 82.3 Å². The molecule has 0 amide bonds. The van der Waals surface area contributed by atoms with E-state index in [1.807, 2.05) is 0 Å². The largest absolute Gasteiger partial charge is 0.308 e. The third-order valence-electron chi connectivity index (χ3n) is 2.70. The van der Waals surface area contributed by atoms with Crippen LogP contribution in [0.25, 0.3) is 0 Å². The molecule has 0 saturated carbocycles. The summed E-state index contributed by atoms with van der Waals surface area (Å²) in [5, 5.41) is 0. The molecule has 0 radical (unpaired) electrons. The minimum Gasteiger partial charge on any atom is -0.308 e. The van der Waals surface area contributed by atoms with Gasteiger partial charge in [0, 0.05) is 5.69 Å². The van der Waals surface area contributed by atoms with Crippen LogP contribution in [-0.2, 0) is 0 Å². The van der Waals surface area contributed by atoms with Crippen molar-refractivity contribution in [1.82, 2.24) is 0 Å². The first kappa shape index (κ1) is 11.7. The molecule has 84 valence electrons. The fourth-order valence-electron chi connectivity index (χ4n) is 2.00. The van der Waals surface area contributed by atoms with Crippen molar-refractivity contribution in [3.05, 3.63) is 53.6 Å². The van der Waals surface area contributed by atoms with Crippen LogP contribution in [0.1, 0.15) is 17.5 Å². The van der Waals surface area contributed by atoms with Crippen LogP contribution in [-0.4, -0.2) is 6.04 Å². The lowest BCUT2D eigenvalue weighted by atomic mass is 10.1. The lowest BCUT2D eigenvalue weighted by Gasteiger charge is -2.26. The number of hydrogen-bond donors (Lipinski definition) is 0. The van der Waals surface area contributed by atoms with Crippen molar-refractivity contribution in [1.29, 1.82) is 0 Å². The van der Waals surface area contributed by atoms with Gasteiger partial charge in [-0.3, -0.25) is 0 Å². The lowest BCUT2D eigenvalue weighted by molar-refractivity contribution is 0.843. The third kappa shape index (κ3) is 2.67. The molecular formula is C14H16IN. The Morgan fingerprint density at radius 1 is 1.12 bits per heavy atom. The zero-order valence-electron chi connectivity index (χ0n) is 9.65. The summed E-state index contributed by atoms with van der Waals surface area (Å²) in [4.78, 5) is 0. The van der Waals surface area contributed by atoms with Gasteiger partial charge in [-0.1, -0.05) is 30.4 Å². The van der Waals surface area contributed by atoms with Crippen molar-refractivity contribution in [2.24, 2.45) is 0 Å². The second-order valence-electron chi connectivity index (χ2n) is 4.27. The number of aryl methyl sites for hydroxylation is 2. The molecule has 2 rings (SSSR count). The Morgan fingerprint density at radius 2 is 1.81 bits per heavy atom. The summed E-state index contributed by atoms with van der Waals surface area (Å²) in [6.07, 6.45) is 9.81. The van der Waals surface area contributed by atoms with E-state index < -0.39 is 0 Å². The van der Waals surface area contributed by atoms with Gasteiger partial charge in [0.2, 0.25) is 0 Å². The molecule has 0 bridgehead atoms. The van der Waals surface area contributed by atoms with Crippen LogP contribution in [0.2, 0.25) is 0 Å². The molecular weight excluding hydrogens is 309 g/mol. The summed E-state index contributed by atoms with van der Waals surface area (Å²) in [5.74, 6) is 0. The standard InChI is InChI=1S/C14H16IN/c1-11-8-12(2)10-14(9-11)16(15)13-6-4-3-5-7-13/h3-6,8-10,13H,7H2,1-2H3. The molecule has 1 aromatic rings. The third-order valence-corrected chi connectivity index (χ3v) is 3.97. The maximum absolute atomic E-state index is 2.41. The lowest BCUT2D eigenvalue weighted by Crippen LogP contribution is -2.24. The summed E-state index contributed by atoms with van der Waals surface area (Å²) in [7, 11) is 0.